The Labute approximate surface area is 141 Å². The van der Waals surface area contributed by atoms with Crippen molar-refractivity contribution >= 4 is 21.0 Å². The number of rotatable bonds is 4. The molecule has 2 heterocycles. The molecule has 0 spiro atoms. The van der Waals surface area contributed by atoms with Gasteiger partial charge in [-0.05, 0) is 55.6 Å². The van der Waals surface area contributed by atoms with E-state index >= 15 is 0 Å². The third kappa shape index (κ3) is 3.68. The summed E-state index contributed by atoms with van der Waals surface area (Å²) in [7, 11) is -3.46. The van der Waals surface area contributed by atoms with E-state index in [-0.39, 0.29) is 5.63 Å². The Morgan fingerprint density at radius 3 is 2.58 bits per heavy atom. The fourth-order valence-electron chi connectivity index (χ4n) is 3.26. The molecule has 24 heavy (non-hydrogen) atoms. The minimum Gasteiger partial charge on any atom is -0.423 e. The standard InChI is InChI=1S/C17H22N2O4S/c1-2-12-3-4-16-15(9-12)13(10-17(20)23-16)11-19-7-5-14(6-8-19)24(18,21)22/h3-4,9-10,14H,2,5-8,11H2,1H3,(H2,18,21,22). The van der Waals surface area contributed by atoms with Crippen molar-refractivity contribution < 1.29 is 12.8 Å². The summed E-state index contributed by atoms with van der Waals surface area (Å²) in [5.41, 5.74) is 2.34. The van der Waals surface area contributed by atoms with Crippen LogP contribution in [0.25, 0.3) is 11.0 Å². The molecule has 1 saturated heterocycles. The SMILES string of the molecule is CCc1ccc2oc(=O)cc(CN3CCC(S(N)(=O)=O)CC3)c2c1. The molecule has 1 aliphatic heterocycles. The first kappa shape index (κ1) is 17.1. The molecule has 3 rings (SSSR count). The van der Waals surface area contributed by atoms with Crippen molar-refractivity contribution in [2.24, 2.45) is 5.14 Å². The van der Waals surface area contributed by atoms with Gasteiger partial charge in [0.25, 0.3) is 0 Å². The highest BCUT2D eigenvalue weighted by Crippen LogP contribution is 2.23. The second-order valence-electron chi connectivity index (χ2n) is 6.34. The van der Waals surface area contributed by atoms with Crippen LogP contribution in [0, 0.1) is 0 Å². The highest BCUT2D eigenvalue weighted by atomic mass is 32.2. The van der Waals surface area contributed by atoms with E-state index < -0.39 is 15.3 Å². The molecular formula is C17H22N2O4S. The third-order valence-electron chi connectivity index (χ3n) is 4.69. The largest absolute Gasteiger partial charge is 0.423 e. The van der Waals surface area contributed by atoms with Crippen LogP contribution in [-0.4, -0.2) is 31.7 Å². The Morgan fingerprint density at radius 1 is 1.25 bits per heavy atom. The highest BCUT2D eigenvalue weighted by Gasteiger charge is 2.27. The normalized spacial score (nSPS) is 17.4. The summed E-state index contributed by atoms with van der Waals surface area (Å²) in [6.45, 7) is 3.98. The van der Waals surface area contributed by atoms with Gasteiger partial charge in [-0.3, -0.25) is 4.90 Å². The van der Waals surface area contributed by atoms with Crippen molar-refractivity contribution in [1.82, 2.24) is 4.90 Å². The number of nitrogens with zero attached hydrogens (tertiary/aromatic N) is 1. The Bertz CT molecular complexity index is 896. The third-order valence-corrected chi connectivity index (χ3v) is 6.09. The van der Waals surface area contributed by atoms with Gasteiger partial charge in [-0.15, -0.1) is 0 Å². The molecule has 7 heteroatoms. The Kier molecular flexibility index (Phi) is 4.76. The van der Waals surface area contributed by atoms with Crippen molar-refractivity contribution in [2.45, 2.75) is 38.0 Å². The summed E-state index contributed by atoms with van der Waals surface area (Å²) >= 11 is 0. The summed E-state index contributed by atoms with van der Waals surface area (Å²) < 4.78 is 28.2. The van der Waals surface area contributed by atoms with Gasteiger partial charge in [0, 0.05) is 18.0 Å². The van der Waals surface area contributed by atoms with Gasteiger partial charge in [-0.1, -0.05) is 13.0 Å². The van der Waals surface area contributed by atoms with Gasteiger partial charge in [0.15, 0.2) is 0 Å². The van der Waals surface area contributed by atoms with Gasteiger partial charge in [0.2, 0.25) is 10.0 Å². The molecule has 1 aromatic heterocycles. The molecule has 1 fully saturated rings. The van der Waals surface area contributed by atoms with E-state index in [0.717, 1.165) is 17.4 Å². The lowest BCUT2D eigenvalue weighted by Gasteiger charge is -2.30. The van der Waals surface area contributed by atoms with Crippen LogP contribution >= 0.6 is 0 Å². The number of sulfonamides is 1. The number of likely N-dealkylation sites (tertiary alicyclic amines) is 1. The van der Waals surface area contributed by atoms with Crippen LogP contribution < -0.4 is 10.8 Å². The predicted octanol–water partition coefficient (Wildman–Crippen LogP) is 1.61. The van der Waals surface area contributed by atoms with Gasteiger partial charge in [-0.25, -0.2) is 18.4 Å². The minimum atomic E-state index is -3.46. The van der Waals surface area contributed by atoms with Gasteiger partial charge in [0.1, 0.15) is 5.58 Å². The molecule has 0 amide bonds. The van der Waals surface area contributed by atoms with Gasteiger partial charge in [0.05, 0.1) is 5.25 Å². The van der Waals surface area contributed by atoms with E-state index in [0.29, 0.717) is 38.1 Å². The van der Waals surface area contributed by atoms with Crippen molar-refractivity contribution in [2.75, 3.05) is 13.1 Å². The number of benzene rings is 1. The molecule has 130 valence electrons. The maximum absolute atomic E-state index is 11.8. The number of hydrogen-bond acceptors (Lipinski definition) is 5. The smallest absolute Gasteiger partial charge is 0.336 e. The second kappa shape index (κ2) is 6.66. The number of hydrogen-bond donors (Lipinski definition) is 1. The van der Waals surface area contributed by atoms with Crippen molar-refractivity contribution in [3.05, 3.63) is 45.8 Å². The predicted molar refractivity (Wildman–Crippen MR) is 93.3 cm³/mol. The second-order valence-corrected chi connectivity index (χ2v) is 8.18. The average Bonchev–Trinajstić information content (AvgIpc) is 2.54. The van der Waals surface area contributed by atoms with Crippen LogP contribution in [0.2, 0.25) is 0 Å². The fraction of sp³-hybridized carbons (Fsp3) is 0.471. The first-order chi connectivity index (χ1) is 11.4. The molecule has 1 aliphatic rings. The summed E-state index contributed by atoms with van der Waals surface area (Å²) in [6.07, 6.45) is 1.96. The molecular weight excluding hydrogens is 328 g/mol. The maximum atomic E-state index is 11.8. The molecule has 0 saturated carbocycles. The summed E-state index contributed by atoms with van der Waals surface area (Å²) in [5, 5.41) is 5.72. The number of primary sulfonamides is 1. The van der Waals surface area contributed by atoms with Crippen LogP contribution in [0.4, 0.5) is 0 Å². The molecule has 2 aromatic rings. The zero-order chi connectivity index (χ0) is 17.3. The van der Waals surface area contributed by atoms with Crippen molar-refractivity contribution in [1.29, 1.82) is 0 Å². The van der Waals surface area contributed by atoms with E-state index in [9.17, 15) is 13.2 Å². The van der Waals surface area contributed by atoms with Crippen molar-refractivity contribution in [3.8, 4) is 0 Å². The van der Waals surface area contributed by atoms with Crippen LogP contribution in [0.3, 0.4) is 0 Å². The molecule has 1 aromatic carbocycles. The lowest BCUT2D eigenvalue weighted by molar-refractivity contribution is 0.222. The molecule has 6 nitrogen and oxygen atoms in total. The molecule has 0 unspecified atom stereocenters. The van der Waals surface area contributed by atoms with Crippen LogP contribution in [0.1, 0.15) is 30.9 Å². The zero-order valence-electron chi connectivity index (χ0n) is 13.7. The van der Waals surface area contributed by atoms with Gasteiger partial charge >= 0.3 is 5.63 Å². The number of nitrogens with two attached hydrogens (primary N) is 1. The molecule has 0 radical (unpaired) electrons. The van der Waals surface area contributed by atoms with Crippen LogP contribution in [0.15, 0.2) is 33.5 Å². The molecule has 2 N–H and O–H groups in total. The first-order valence-corrected chi connectivity index (χ1v) is 9.77. The van der Waals surface area contributed by atoms with E-state index in [2.05, 4.69) is 17.9 Å². The molecule has 0 atom stereocenters. The Balaban J connectivity index is 1.84. The Hall–Kier alpha value is -1.70. The zero-order valence-corrected chi connectivity index (χ0v) is 14.5. The van der Waals surface area contributed by atoms with Gasteiger partial charge < -0.3 is 4.42 Å². The van der Waals surface area contributed by atoms with Crippen LogP contribution in [-0.2, 0) is 23.0 Å². The van der Waals surface area contributed by atoms with E-state index in [1.165, 1.54) is 11.6 Å². The summed E-state index contributed by atoms with van der Waals surface area (Å²) in [5.74, 6) is 0. The minimum absolute atomic E-state index is 0.360. The van der Waals surface area contributed by atoms with Gasteiger partial charge in [-0.2, -0.15) is 0 Å². The Morgan fingerprint density at radius 2 is 1.96 bits per heavy atom. The van der Waals surface area contributed by atoms with E-state index in [4.69, 9.17) is 9.56 Å². The van der Waals surface area contributed by atoms with E-state index in [1.807, 2.05) is 12.1 Å². The molecule has 0 aliphatic carbocycles. The number of fused-ring (bicyclic) bond motifs is 1. The van der Waals surface area contributed by atoms with Crippen molar-refractivity contribution in [3.63, 3.8) is 0 Å². The molecule has 0 bridgehead atoms. The van der Waals surface area contributed by atoms with E-state index in [1.54, 1.807) is 0 Å². The fourth-order valence-corrected chi connectivity index (χ4v) is 4.13. The van der Waals surface area contributed by atoms with Crippen LogP contribution in [0.5, 0.6) is 0 Å². The number of piperidine rings is 1. The lowest BCUT2D eigenvalue weighted by Crippen LogP contribution is -2.41. The topological polar surface area (TPSA) is 93.6 Å². The quantitative estimate of drug-likeness (QED) is 0.846. The highest BCUT2D eigenvalue weighted by molar-refractivity contribution is 7.89. The summed E-state index contributed by atoms with van der Waals surface area (Å²) in [4.78, 5) is 14.0. The lowest BCUT2D eigenvalue weighted by atomic mass is 10.0. The summed E-state index contributed by atoms with van der Waals surface area (Å²) in [6, 6.07) is 7.40. The monoisotopic (exact) mass is 350 g/mol. The number of aryl methyl sites for hydroxylation is 1. The maximum Gasteiger partial charge on any atom is 0.336 e. The average molecular weight is 350 g/mol. The first-order valence-electron chi connectivity index (χ1n) is 8.16.